The van der Waals surface area contributed by atoms with Gasteiger partial charge in [0.2, 0.25) is 0 Å². The number of rotatable bonds is 4. The van der Waals surface area contributed by atoms with Crippen LogP contribution in [-0.2, 0) is 0 Å². The maximum absolute atomic E-state index is 3.83. The van der Waals surface area contributed by atoms with Crippen molar-refractivity contribution in [2.24, 2.45) is 0 Å². The van der Waals surface area contributed by atoms with E-state index in [9.17, 15) is 0 Å². The predicted octanol–water partition coefficient (Wildman–Crippen LogP) is 7.05. The van der Waals surface area contributed by atoms with E-state index in [4.69, 9.17) is 0 Å². The summed E-state index contributed by atoms with van der Waals surface area (Å²) in [7, 11) is 0. The van der Waals surface area contributed by atoms with Crippen LogP contribution in [0.2, 0.25) is 0 Å². The zero-order chi connectivity index (χ0) is 14.7. The summed E-state index contributed by atoms with van der Waals surface area (Å²) in [6.07, 6.45) is 1.18. The van der Waals surface area contributed by atoms with E-state index in [0.29, 0.717) is 5.92 Å². The quantitative estimate of drug-likeness (QED) is 0.307. The highest BCUT2D eigenvalue weighted by atomic mass is 127. The van der Waals surface area contributed by atoms with E-state index in [1.807, 2.05) is 0 Å². The van der Waals surface area contributed by atoms with E-state index >= 15 is 0 Å². The average Bonchev–Trinajstić information content (AvgIpc) is 2.48. The van der Waals surface area contributed by atoms with E-state index in [1.165, 1.54) is 26.7 Å². The third-order valence-corrected chi connectivity index (χ3v) is 6.14. The third-order valence-electron chi connectivity index (χ3n) is 3.64. The lowest BCUT2D eigenvalue weighted by Crippen LogP contribution is -1.97. The average molecular weight is 508 g/mol. The van der Waals surface area contributed by atoms with E-state index in [-0.39, 0.29) is 4.83 Å². The smallest absolute Gasteiger partial charge is 0.0655 e. The molecule has 0 aliphatic heterocycles. The highest BCUT2D eigenvalue weighted by molar-refractivity contribution is 14.1. The van der Waals surface area contributed by atoms with Crippen LogP contribution in [0.1, 0.15) is 47.7 Å². The first-order chi connectivity index (χ1) is 9.52. The van der Waals surface area contributed by atoms with Gasteiger partial charge in [-0.2, -0.15) is 0 Å². The second-order valence-electron chi connectivity index (χ2n) is 5.00. The van der Waals surface area contributed by atoms with Gasteiger partial charge in [0.25, 0.3) is 0 Å². The molecule has 0 nitrogen and oxygen atoms in total. The Labute approximate surface area is 151 Å². The van der Waals surface area contributed by atoms with Gasteiger partial charge in [0, 0.05) is 8.04 Å². The molecule has 0 radical (unpaired) electrons. The van der Waals surface area contributed by atoms with Crippen molar-refractivity contribution in [3.8, 4) is 0 Å². The Hall–Kier alpha value is 0.130. The zero-order valence-corrected chi connectivity index (χ0v) is 16.9. The molecule has 0 aliphatic rings. The number of halogens is 3. The highest BCUT2D eigenvalue weighted by Crippen LogP contribution is 2.35. The summed E-state index contributed by atoms with van der Waals surface area (Å²) in [5, 5.41) is 0. The van der Waals surface area contributed by atoms with Crippen molar-refractivity contribution < 1.29 is 0 Å². The fraction of sp³-hybridized carbons (Fsp3) is 0.294. The van der Waals surface area contributed by atoms with Crippen LogP contribution in [0.3, 0.4) is 0 Å². The molecule has 0 bridgehead atoms. The molecule has 20 heavy (non-hydrogen) atoms. The van der Waals surface area contributed by atoms with Gasteiger partial charge in [-0.25, -0.2) is 0 Å². The summed E-state index contributed by atoms with van der Waals surface area (Å²) in [5.74, 6) is 0.629. The number of hydrogen-bond acceptors (Lipinski definition) is 0. The summed E-state index contributed by atoms with van der Waals surface area (Å²) in [6.45, 7) is 4.51. The molecule has 0 amide bonds. The van der Waals surface area contributed by atoms with Crippen LogP contribution in [0.5, 0.6) is 0 Å². The lowest BCUT2D eigenvalue weighted by molar-refractivity contribution is 0.733. The fourth-order valence-electron chi connectivity index (χ4n) is 2.12. The minimum atomic E-state index is 0.234. The Balaban J connectivity index is 2.29. The van der Waals surface area contributed by atoms with Crippen molar-refractivity contribution in [3.05, 3.63) is 67.2 Å². The van der Waals surface area contributed by atoms with Gasteiger partial charge in [-0.1, -0.05) is 70.0 Å². The summed E-state index contributed by atoms with van der Waals surface area (Å²) in [5.41, 5.74) is 4.02. The molecular formula is C17H17Br2I. The topological polar surface area (TPSA) is 0 Å². The number of alkyl halides is 1. The van der Waals surface area contributed by atoms with Gasteiger partial charge in [0.15, 0.2) is 0 Å². The van der Waals surface area contributed by atoms with Gasteiger partial charge >= 0.3 is 0 Å². The van der Waals surface area contributed by atoms with Crippen molar-refractivity contribution in [3.63, 3.8) is 0 Å². The molecule has 0 spiro atoms. The molecule has 0 aromatic heterocycles. The molecule has 0 N–H and O–H groups in total. The van der Waals surface area contributed by atoms with Crippen molar-refractivity contribution in [2.45, 2.75) is 31.0 Å². The summed E-state index contributed by atoms with van der Waals surface area (Å²) in [4.78, 5) is 0.234. The van der Waals surface area contributed by atoms with Crippen LogP contribution in [0.25, 0.3) is 0 Å². The summed E-state index contributed by atoms with van der Waals surface area (Å²) in [6, 6.07) is 15.4. The molecule has 3 heteroatoms. The lowest BCUT2D eigenvalue weighted by atomic mass is 9.96. The van der Waals surface area contributed by atoms with Gasteiger partial charge in [-0.15, -0.1) is 0 Å². The largest absolute Gasteiger partial charge is 0.0786 e. The fourth-order valence-corrected chi connectivity index (χ4v) is 4.26. The normalized spacial score (nSPS) is 14.1. The minimum Gasteiger partial charge on any atom is -0.0786 e. The highest BCUT2D eigenvalue weighted by Gasteiger charge is 2.14. The van der Waals surface area contributed by atoms with Crippen LogP contribution < -0.4 is 0 Å². The first-order valence-corrected chi connectivity index (χ1v) is 9.50. The van der Waals surface area contributed by atoms with Crippen LogP contribution in [0.15, 0.2) is 46.9 Å². The van der Waals surface area contributed by atoms with Crippen molar-refractivity contribution in [2.75, 3.05) is 0 Å². The van der Waals surface area contributed by atoms with Crippen LogP contribution >= 0.6 is 54.5 Å². The SMILES string of the molecule is CCC(C)c1ccc(C(Br)c2cc(Br)ccc2I)cc1. The number of benzene rings is 2. The molecule has 2 rings (SSSR count). The maximum Gasteiger partial charge on any atom is 0.0655 e. The maximum atomic E-state index is 3.83. The molecule has 0 saturated carbocycles. The Morgan fingerprint density at radius 2 is 1.65 bits per heavy atom. The number of hydrogen-bond donors (Lipinski definition) is 0. The standard InChI is InChI=1S/C17H17Br2I/c1-3-11(2)12-4-6-13(7-5-12)17(19)15-10-14(18)8-9-16(15)20/h4-11,17H,3H2,1-2H3. The molecule has 2 aromatic carbocycles. The Morgan fingerprint density at radius 1 is 1.05 bits per heavy atom. The third kappa shape index (κ3) is 3.86. The monoisotopic (exact) mass is 506 g/mol. The molecule has 2 aromatic rings. The first kappa shape index (κ1) is 16.5. The Bertz CT molecular complexity index is 578. The Morgan fingerprint density at radius 3 is 2.25 bits per heavy atom. The molecule has 2 atom stereocenters. The van der Waals surface area contributed by atoms with E-state index in [0.717, 1.165) is 4.47 Å². The minimum absolute atomic E-state index is 0.234. The van der Waals surface area contributed by atoms with Crippen molar-refractivity contribution in [1.82, 2.24) is 0 Å². The second kappa shape index (κ2) is 7.41. The molecule has 0 fully saturated rings. The van der Waals surface area contributed by atoms with Crippen molar-refractivity contribution in [1.29, 1.82) is 0 Å². The zero-order valence-electron chi connectivity index (χ0n) is 11.5. The van der Waals surface area contributed by atoms with Gasteiger partial charge in [-0.3, -0.25) is 0 Å². The lowest BCUT2D eigenvalue weighted by Gasteiger charge is -2.15. The molecule has 2 unspecified atom stereocenters. The molecule has 0 saturated heterocycles. The van der Waals surface area contributed by atoms with Gasteiger partial charge < -0.3 is 0 Å². The van der Waals surface area contributed by atoms with Crippen molar-refractivity contribution >= 4 is 54.5 Å². The Kier molecular flexibility index (Phi) is 6.11. The molecular weight excluding hydrogens is 491 g/mol. The molecule has 106 valence electrons. The predicted molar refractivity (Wildman–Crippen MR) is 103 cm³/mol. The van der Waals surface area contributed by atoms with Gasteiger partial charge in [-0.05, 0) is 69.8 Å². The van der Waals surface area contributed by atoms with Crippen LogP contribution in [0.4, 0.5) is 0 Å². The molecule has 0 heterocycles. The summed E-state index contributed by atoms with van der Waals surface area (Å²) < 4.78 is 2.40. The van der Waals surface area contributed by atoms with Gasteiger partial charge in [0.1, 0.15) is 0 Å². The first-order valence-electron chi connectivity index (χ1n) is 6.71. The summed E-state index contributed by atoms with van der Waals surface area (Å²) >= 11 is 9.78. The van der Waals surface area contributed by atoms with Crippen LogP contribution in [-0.4, -0.2) is 0 Å². The van der Waals surface area contributed by atoms with Crippen LogP contribution in [0, 0.1) is 3.57 Å². The van der Waals surface area contributed by atoms with Gasteiger partial charge in [0.05, 0.1) is 4.83 Å². The van der Waals surface area contributed by atoms with E-state index < -0.39 is 0 Å². The second-order valence-corrected chi connectivity index (χ2v) is 8.00. The van der Waals surface area contributed by atoms with E-state index in [2.05, 4.69) is 111 Å². The van der Waals surface area contributed by atoms with E-state index in [1.54, 1.807) is 0 Å². The molecule has 0 aliphatic carbocycles.